The summed E-state index contributed by atoms with van der Waals surface area (Å²) in [5.74, 6) is 0.437. The lowest BCUT2D eigenvalue weighted by Crippen LogP contribution is -2.47. The van der Waals surface area contributed by atoms with Gasteiger partial charge in [-0.15, -0.1) is 5.10 Å². The third-order valence-electron chi connectivity index (χ3n) is 2.99. The maximum atomic E-state index is 12.0. The minimum atomic E-state index is -0.0228. The Morgan fingerprint density at radius 3 is 2.79 bits per heavy atom. The van der Waals surface area contributed by atoms with Crippen LogP contribution in [0.1, 0.15) is 0 Å². The Bertz CT molecular complexity index is 418. The van der Waals surface area contributed by atoms with Crippen molar-refractivity contribution in [3.8, 4) is 0 Å². The van der Waals surface area contributed by atoms with Crippen molar-refractivity contribution in [2.24, 2.45) is 0 Å². The van der Waals surface area contributed by atoms with Gasteiger partial charge in [0, 0.05) is 26.2 Å². The van der Waals surface area contributed by atoms with Crippen molar-refractivity contribution in [3.05, 3.63) is 0 Å². The smallest absolute Gasteiger partial charge is 0.233 e. The van der Waals surface area contributed by atoms with Crippen molar-refractivity contribution in [3.63, 3.8) is 0 Å². The standard InChI is InChI=1S/C10H18N6O2S/c1-14-2-4-15(5-3-14)9(18)8-19-10-11-12-13-16(10)6-7-17/h17H,2-8H2,1H3. The second-order valence-corrected chi connectivity index (χ2v) is 5.32. The number of aromatic nitrogens is 4. The second kappa shape index (κ2) is 6.83. The number of hydrogen-bond donors (Lipinski definition) is 1. The highest BCUT2D eigenvalue weighted by Crippen LogP contribution is 2.14. The van der Waals surface area contributed by atoms with Crippen molar-refractivity contribution in [2.45, 2.75) is 11.7 Å². The van der Waals surface area contributed by atoms with Crippen LogP contribution < -0.4 is 0 Å². The predicted molar refractivity (Wildman–Crippen MR) is 69.7 cm³/mol. The van der Waals surface area contributed by atoms with Gasteiger partial charge in [0.25, 0.3) is 0 Å². The third kappa shape index (κ3) is 3.88. The number of likely N-dealkylation sites (N-methyl/N-ethyl adjacent to an activating group) is 1. The largest absolute Gasteiger partial charge is 0.394 e. The summed E-state index contributed by atoms with van der Waals surface area (Å²) in [6.45, 7) is 3.70. The maximum absolute atomic E-state index is 12.0. The summed E-state index contributed by atoms with van der Waals surface area (Å²) < 4.78 is 1.50. The fraction of sp³-hybridized carbons (Fsp3) is 0.800. The average molecular weight is 286 g/mol. The second-order valence-electron chi connectivity index (χ2n) is 4.38. The molecule has 0 unspecified atom stereocenters. The van der Waals surface area contributed by atoms with Crippen LogP contribution >= 0.6 is 11.8 Å². The van der Waals surface area contributed by atoms with Gasteiger partial charge in [-0.1, -0.05) is 11.8 Å². The Morgan fingerprint density at radius 2 is 2.11 bits per heavy atom. The highest BCUT2D eigenvalue weighted by atomic mass is 32.2. The van der Waals surface area contributed by atoms with Crippen molar-refractivity contribution in [2.75, 3.05) is 45.6 Å². The topological polar surface area (TPSA) is 87.4 Å². The van der Waals surface area contributed by atoms with E-state index in [1.165, 1.54) is 16.4 Å². The monoisotopic (exact) mass is 286 g/mol. The molecule has 0 saturated carbocycles. The van der Waals surface area contributed by atoms with Crippen LogP contribution in [0.5, 0.6) is 0 Å². The van der Waals surface area contributed by atoms with E-state index in [2.05, 4.69) is 27.5 Å². The van der Waals surface area contributed by atoms with Crippen molar-refractivity contribution >= 4 is 17.7 Å². The van der Waals surface area contributed by atoms with Gasteiger partial charge >= 0.3 is 0 Å². The van der Waals surface area contributed by atoms with E-state index < -0.39 is 0 Å². The first-order valence-electron chi connectivity index (χ1n) is 6.17. The molecule has 1 amide bonds. The van der Waals surface area contributed by atoms with Gasteiger partial charge in [0.1, 0.15) is 0 Å². The number of aliphatic hydroxyl groups excluding tert-OH is 1. The van der Waals surface area contributed by atoms with Crippen LogP contribution in [0.4, 0.5) is 0 Å². The number of carbonyl (C=O) groups excluding carboxylic acids is 1. The number of piperazine rings is 1. The van der Waals surface area contributed by atoms with Gasteiger partial charge in [-0.25, -0.2) is 4.68 Å². The van der Waals surface area contributed by atoms with Crippen LogP contribution in [0.3, 0.4) is 0 Å². The molecule has 9 heteroatoms. The van der Waals surface area contributed by atoms with E-state index in [1.54, 1.807) is 0 Å². The zero-order valence-corrected chi connectivity index (χ0v) is 11.7. The Balaban J connectivity index is 1.81. The molecule has 1 aliphatic heterocycles. The van der Waals surface area contributed by atoms with Gasteiger partial charge in [-0.2, -0.15) is 0 Å². The molecule has 1 aliphatic rings. The van der Waals surface area contributed by atoms with Gasteiger partial charge in [0.05, 0.1) is 18.9 Å². The van der Waals surface area contributed by atoms with Gasteiger partial charge in [0.15, 0.2) is 0 Å². The van der Waals surface area contributed by atoms with E-state index in [-0.39, 0.29) is 12.5 Å². The molecular weight excluding hydrogens is 268 g/mol. The lowest BCUT2D eigenvalue weighted by Gasteiger charge is -2.32. The fourth-order valence-corrected chi connectivity index (χ4v) is 2.61. The molecule has 19 heavy (non-hydrogen) atoms. The third-order valence-corrected chi connectivity index (χ3v) is 3.93. The lowest BCUT2D eigenvalue weighted by atomic mass is 10.3. The molecule has 2 heterocycles. The average Bonchev–Trinajstić information content (AvgIpc) is 2.85. The van der Waals surface area contributed by atoms with Gasteiger partial charge in [0.2, 0.25) is 11.1 Å². The Morgan fingerprint density at radius 1 is 1.37 bits per heavy atom. The van der Waals surface area contributed by atoms with E-state index in [4.69, 9.17) is 5.11 Å². The highest BCUT2D eigenvalue weighted by Gasteiger charge is 2.19. The quantitative estimate of drug-likeness (QED) is 0.661. The van der Waals surface area contributed by atoms with E-state index >= 15 is 0 Å². The van der Waals surface area contributed by atoms with Crippen LogP contribution in [-0.4, -0.2) is 86.6 Å². The molecule has 0 atom stereocenters. The van der Waals surface area contributed by atoms with Crippen molar-refractivity contribution in [1.29, 1.82) is 0 Å². The van der Waals surface area contributed by atoms with Crippen LogP contribution in [0, 0.1) is 0 Å². The number of rotatable bonds is 5. The van der Waals surface area contributed by atoms with Crippen LogP contribution in [0.2, 0.25) is 0 Å². The highest BCUT2D eigenvalue weighted by molar-refractivity contribution is 7.99. The normalized spacial score (nSPS) is 16.8. The number of nitrogens with zero attached hydrogens (tertiary/aromatic N) is 6. The zero-order chi connectivity index (χ0) is 13.7. The van der Waals surface area contributed by atoms with Crippen molar-refractivity contribution in [1.82, 2.24) is 30.0 Å². The number of aliphatic hydroxyl groups is 1. The molecule has 1 fully saturated rings. The van der Waals surface area contributed by atoms with E-state index in [0.29, 0.717) is 17.5 Å². The summed E-state index contributed by atoms with van der Waals surface area (Å²) in [6.07, 6.45) is 0. The minimum Gasteiger partial charge on any atom is -0.394 e. The molecule has 0 radical (unpaired) electrons. The fourth-order valence-electron chi connectivity index (χ4n) is 1.81. The molecule has 0 aromatic carbocycles. The molecule has 2 rings (SSSR count). The predicted octanol–water partition coefficient (Wildman–Crippen LogP) is -1.47. The lowest BCUT2D eigenvalue weighted by molar-refractivity contribution is -0.129. The van der Waals surface area contributed by atoms with E-state index in [9.17, 15) is 4.79 Å². The number of amides is 1. The molecule has 1 aromatic heterocycles. The number of thioether (sulfide) groups is 1. The number of hydrogen-bond acceptors (Lipinski definition) is 7. The summed E-state index contributed by atoms with van der Waals surface area (Å²) in [4.78, 5) is 16.1. The number of carbonyl (C=O) groups is 1. The summed E-state index contributed by atoms with van der Waals surface area (Å²) in [5.41, 5.74) is 0. The van der Waals surface area contributed by atoms with Crippen LogP contribution in [-0.2, 0) is 11.3 Å². The van der Waals surface area contributed by atoms with Crippen LogP contribution in [0.15, 0.2) is 5.16 Å². The molecule has 0 aliphatic carbocycles. The summed E-state index contributed by atoms with van der Waals surface area (Å²) in [5, 5.41) is 20.6. The Kier molecular flexibility index (Phi) is 5.11. The molecule has 0 bridgehead atoms. The Labute approximate surface area is 115 Å². The number of tetrazole rings is 1. The Hall–Kier alpha value is -1.19. The van der Waals surface area contributed by atoms with Gasteiger partial charge < -0.3 is 14.9 Å². The molecule has 1 aromatic rings. The van der Waals surface area contributed by atoms with Gasteiger partial charge in [-0.05, 0) is 17.5 Å². The first-order valence-corrected chi connectivity index (χ1v) is 7.15. The van der Waals surface area contributed by atoms with Gasteiger partial charge in [-0.3, -0.25) is 4.79 Å². The molecular formula is C10H18N6O2S. The van der Waals surface area contributed by atoms with Crippen molar-refractivity contribution < 1.29 is 9.90 Å². The summed E-state index contributed by atoms with van der Waals surface area (Å²) in [7, 11) is 2.06. The van der Waals surface area contributed by atoms with E-state index in [0.717, 1.165) is 26.2 Å². The first-order chi connectivity index (χ1) is 9.20. The molecule has 0 spiro atoms. The van der Waals surface area contributed by atoms with E-state index in [1.807, 2.05) is 4.90 Å². The minimum absolute atomic E-state index is 0.0228. The zero-order valence-electron chi connectivity index (χ0n) is 10.9. The molecule has 106 valence electrons. The molecule has 1 saturated heterocycles. The maximum Gasteiger partial charge on any atom is 0.233 e. The molecule has 1 N–H and O–H groups in total. The van der Waals surface area contributed by atoms with Crippen LogP contribution in [0.25, 0.3) is 0 Å². The summed E-state index contributed by atoms with van der Waals surface area (Å²) >= 11 is 1.31. The summed E-state index contributed by atoms with van der Waals surface area (Å²) in [6, 6.07) is 0. The SMILES string of the molecule is CN1CCN(C(=O)CSc2nnnn2CCO)CC1. The first kappa shape index (κ1) is 14.2. The molecule has 8 nitrogen and oxygen atoms in total.